The molecule has 0 atom stereocenters. The first-order valence-electron chi connectivity index (χ1n) is 7.50. The number of unbranched alkanes of at least 4 members (excludes halogenated alkanes) is 2. The molecule has 0 spiro atoms. The van der Waals surface area contributed by atoms with Crippen LogP contribution in [0.4, 0.5) is 0 Å². The van der Waals surface area contributed by atoms with Crippen LogP contribution in [-0.2, 0) is 9.59 Å². The van der Waals surface area contributed by atoms with E-state index in [1.165, 1.54) is 0 Å². The van der Waals surface area contributed by atoms with Gasteiger partial charge in [-0.25, -0.2) is 0 Å². The maximum atomic E-state index is 12.0. The van der Waals surface area contributed by atoms with Crippen molar-refractivity contribution in [3.63, 3.8) is 0 Å². The average molecular weight is 279 g/mol. The Morgan fingerprint density at radius 2 is 1.95 bits per heavy atom. The highest BCUT2D eigenvalue weighted by Crippen LogP contribution is 2.36. The summed E-state index contributed by atoms with van der Waals surface area (Å²) in [5.74, 6) is 2.00. The van der Waals surface area contributed by atoms with Crippen molar-refractivity contribution >= 4 is 11.9 Å². The van der Waals surface area contributed by atoms with E-state index in [-0.39, 0.29) is 5.91 Å². The molecule has 20 heavy (non-hydrogen) atoms. The molecule has 0 bridgehead atoms. The van der Waals surface area contributed by atoms with Gasteiger partial charge in [-0.2, -0.15) is 0 Å². The lowest BCUT2D eigenvalue weighted by molar-refractivity contribution is -0.155. The number of terminal acetylenes is 1. The highest BCUT2D eigenvalue weighted by molar-refractivity contribution is 5.78. The molecule has 4 nitrogen and oxygen atoms in total. The third-order valence-corrected chi connectivity index (χ3v) is 4.22. The van der Waals surface area contributed by atoms with E-state index in [1.54, 1.807) is 0 Å². The van der Waals surface area contributed by atoms with Crippen molar-refractivity contribution in [2.24, 2.45) is 5.41 Å². The number of carbonyl (C=O) groups is 2. The Kier molecular flexibility index (Phi) is 6.57. The van der Waals surface area contributed by atoms with Gasteiger partial charge in [-0.05, 0) is 32.1 Å². The smallest absolute Gasteiger partial charge is 0.309 e. The van der Waals surface area contributed by atoms with Crippen molar-refractivity contribution in [2.75, 3.05) is 13.1 Å². The molecular formula is C16H25NO3. The summed E-state index contributed by atoms with van der Waals surface area (Å²) in [5.41, 5.74) is -0.616. The number of hydrogen-bond acceptors (Lipinski definition) is 2. The highest BCUT2D eigenvalue weighted by Gasteiger charge is 2.41. The van der Waals surface area contributed by atoms with Gasteiger partial charge in [-0.3, -0.25) is 9.59 Å². The van der Waals surface area contributed by atoms with E-state index in [1.807, 2.05) is 11.8 Å². The standard InChI is InChI=1S/C16H25NO3/c1-3-5-6-7-8-14(18)17-12-10-16(9-4-2,11-13-17)15(19)20/h1H,4-13H2,2H3,(H,19,20). The van der Waals surface area contributed by atoms with Crippen LogP contribution in [0.25, 0.3) is 0 Å². The SMILES string of the molecule is C#CCCCCC(=O)N1CCC(CCC)(C(=O)O)CC1. The van der Waals surface area contributed by atoms with Crippen LogP contribution < -0.4 is 0 Å². The van der Waals surface area contributed by atoms with Crippen LogP contribution in [0.3, 0.4) is 0 Å². The molecule has 1 N–H and O–H groups in total. The number of nitrogens with zero attached hydrogens (tertiary/aromatic N) is 1. The topological polar surface area (TPSA) is 57.6 Å². The summed E-state index contributed by atoms with van der Waals surface area (Å²) in [7, 11) is 0. The predicted octanol–water partition coefficient (Wildman–Crippen LogP) is 2.67. The molecule has 4 heteroatoms. The Labute approximate surface area is 121 Å². The Morgan fingerprint density at radius 1 is 1.30 bits per heavy atom. The number of aliphatic carboxylic acids is 1. The molecule has 1 heterocycles. The van der Waals surface area contributed by atoms with Gasteiger partial charge in [0.15, 0.2) is 0 Å². The Hall–Kier alpha value is -1.50. The minimum atomic E-state index is -0.708. The third-order valence-electron chi connectivity index (χ3n) is 4.22. The van der Waals surface area contributed by atoms with Gasteiger partial charge in [0, 0.05) is 25.9 Å². The zero-order valence-corrected chi connectivity index (χ0v) is 12.4. The van der Waals surface area contributed by atoms with E-state index in [0.29, 0.717) is 45.2 Å². The van der Waals surface area contributed by atoms with Crippen LogP contribution in [0.2, 0.25) is 0 Å². The first kappa shape index (κ1) is 16.6. The zero-order chi connectivity index (χ0) is 15.0. The number of carboxylic acid groups (broad SMARTS) is 1. The molecule has 0 aromatic rings. The van der Waals surface area contributed by atoms with Crippen LogP contribution in [0.1, 0.15) is 58.3 Å². The highest BCUT2D eigenvalue weighted by atomic mass is 16.4. The second-order valence-electron chi connectivity index (χ2n) is 5.63. The molecule has 0 unspecified atom stereocenters. The fourth-order valence-electron chi connectivity index (χ4n) is 2.89. The zero-order valence-electron chi connectivity index (χ0n) is 12.4. The third kappa shape index (κ3) is 4.26. The van der Waals surface area contributed by atoms with Crippen LogP contribution >= 0.6 is 0 Å². The van der Waals surface area contributed by atoms with Crippen molar-refractivity contribution in [2.45, 2.75) is 58.3 Å². The number of piperidine rings is 1. The summed E-state index contributed by atoms with van der Waals surface area (Å²) in [6.45, 7) is 3.15. The molecule has 1 fully saturated rings. The van der Waals surface area contributed by atoms with Crippen LogP contribution in [0.15, 0.2) is 0 Å². The van der Waals surface area contributed by atoms with E-state index in [2.05, 4.69) is 5.92 Å². The average Bonchev–Trinajstić information content (AvgIpc) is 2.44. The lowest BCUT2D eigenvalue weighted by Gasteiger charge is -2.39. The second-order valence-corrected chi connectivity index (χ2v) is 5.63. The van der Waals surface area contributed by atoms with Gasteiger partial charge in [0.1, 0.15) is 0 Å². The Morgan fingerprint density at radius 3 is 2.45 bits per heavy atom. The van der Waals surface area contributed by atoms with Gasteiger partial charge < -0.3 is 10.0 Å². The minimum absolute atomic E-state index is 0.137. The number of rotatable bonds is 7. The summed E-state index contributed by atoms with van der Waals surface area (Å²) in [6.07, 6.45) is 10.8. The summed E-state index contributed by atoms with van der Waals surface area (Å²) in [4.78, 5) is 25.3. The van der Waals surface area contributed by atoms with E-state index in [9.17, 15) is 14.7 Å². The quantitative estimate of drug-likeness (QED) is 0.576. The van der Waals surface area contributed by atoms with Gasteiger partial charge in [-0.15, -0.1) is 12.3 Å². The molecule has 0 saturated carbocycles. The molecule has 0 aromatic carbocycles. The van der Waals surface area contributed by atoms with Crippen molar-refractivity contribution in [1.29, 1.82) is 0 Å². The number of amides is 1. The molecule has 1 saturated heterocycles. The first-order valence-corrected chi connectivity index (χ1v) is 7.50. The normalized spacial score (nSPS) is 17.5. The lowest BCUT2D eigenvalue weighted by atomic mass is 9.75. The first-order chi connectivity index (χ1) is 9.55. The molecule has 112 valence electrons. The fraction of sp³-hybridized carbons (Fsp3) is 0.750. The fourth-order valence-corrected chi connectivity index (χ4v) is 2.89. The molecule has 1 rings (SSSR count). The summed E-state index contributed by atoms with van der Waals surface area (Å²) < 4.78 is 0. The number of hydrogen-bond donors (Lipinski definition) is 1. The van der Waals surface area contributed by atoms with E-state index in [4.69, 9.17) is 6.42 Å². The summed E-state index contributed by atoms with van der Waals surface area (Å²) in [6, 6.07) is 0. The monoisotopic (exact) mass is 279 g/mol. The molecule has 0 aliphatic carbocycles. The van der Waals surface area contributed by atoms with Gasteiger partial charge in [-0.1, -0.05) is 13.3 Å². The summed E-state index contributed by atoms with van der Waals surface area (Å²) in [5, 5.41) is 9.42. The van der Waals surface area contributed by atoms with Crippen molar-refractivity contribution < 1.29 is 14.7 Å². The summed E-state index contributed by atoms with van der Waals surface area (Å²) >= 11 is 0. The molecule has 0 aromatic heterocycles. The van der Waals surface area contributed by atoms with Gasteiger partial charge in [0.2, 0.25) is 5.91 Å². The molecule has 1 aliphatic heterocycles. The maximum Gasteiger partial charge on any atom is 0.309 e. The van der Waals surface area contributed by atoms with Gasteiger partial charge in [0.25, 0.3) is 0 Å². The number of likely N-dealkylation sites (tertiary alicyclic amines) is 1. The van der Waals surface area contributed by atoms with E-state index in [0.717, 1.165) is 19.3 Å². The van der Waals surface area contributed by atoms with E-state index < -0.39 is 11.4 Å². The predicted molar refractivity (Wildman–Crippen MR) is 78.1 cm³/mol. The second kappa shape index (κ2) is 7.94. The van der Waals surface area contributed by atoms with Gasteiger partial charge in [0.05, 0.1) is 5.41 Å². The molecule has 1 aliphatic rings. The number of carboxylic acids is 1. The van der Waals surface area contributed by atoms with Crippen molar-refractivity contribution in [3.05, 3.63) is 0 Å². The van der Waals surface area contributed by atoms with Gasteiger partial charge >= 0.3 is 5.97 Å². The minimum Gasteiger partial charge on any atom is -0.481 e. The van der Waals surface area contributed by atoms with Crippen molar-refractivity contribution in [3.8, 4) is 12.3 Å². The van der Waals surface area contributed by atoms with Crippen molar-refractivity contribution in [1.82, 2.24) is 4.90 Å². The lowest BCUT2D eigenvalue weighted by Crippen LogP contribution is -2.46. The Bertz CT molecular complexity index is 376. The van der Waals surface area contributed by atoms with Crippen LogP contribution in [0, 0.1) is 17.8 Å². The molecule has 0 radical (unpaired) electrons. The maximum absolute atomic E-state index is 12.0. The Balaban J connectivity index is 2.42. The van der Waals surface area contributed by atoms with Crippen LogP contribution in [-0.4, -0.2) is 35.0 Å². The van der Waals surface area contributed by atoms with E-state index >= 15 is 0 Å². The largest absolute Gasteiger partial charge is 0.481 e. The van der Waals surface area contributed by atoms with Crippen LogP contribution in [0.5, 0.6) is 0 Å². The number of carbonyl (C=O) groups excluding carboxylic acids is 1. The molecular weight excluding hydrogens is 254 g/mol. The molecule has 1 amide bonds.